The largest absolute Gasteiger partial charge is 0.475 e. The number of fused-ring (bicyclic) bond motifs is 3. The van der Waals surface area contributed by atoms with E-state index in [1.54, 1.807) is 6.20 Å². The second-order valence-corrected chi connectivity index (χ2v) is 5.88. The molecular formula is C16H20N4O2. The van der Waals surface area contributed by atoms with E-state index < -0.39 is 0 Å². The number of likely N-dealkylation sites (N-methyl/N-ethyl adjacent to an activating group) is 1. The van der Waals surface area contributed by atoms with Crippen LogP contribution in [-0.2, 0) is 4.79 Å². The molecule has 0 fully saturated rings. The van der Waals surface area contributed by atoms with E-state index in [2.05, 4.69) is 15.3 Å². The van der Waals surface area contributed by atoms with Gasteiger partial charge in [0.2, 0.25) is 11.8 Å². The average molecular weight is 300 g/mol. The lowest BCUT2D eigenvalue weighted by atomic mass is 9.91. The van der Waals surface area contributed by atoms with Crippen molar-refractivity contribution in [2.45, 2.75) is 19.3 Å². The number of nitrogens with one attached hydrogen (secondary N) is 1. The monoisotopic (exact) mass is 300 g/mol. The van der Waals surface area contributed by atoms with Crippen LogP contribution in [0.3, 0.4) is 0 Å². The summed E-state index contributed by atoms with van der Waals surface area (Å²) in [6, 6.07) is 3.91. The minimum Gasteiger partial charge on any atom is -0.475 e. The van der Waals surface area contributed by atoms with Crippen LogP contribution >= 0.6 is 0 Å². The van der Waals surface area contributed by atoms with Crippen molar-refractivity contribution in [1.82, 2.24) is 14.9 Å². The van der Waals surface area contributed by atoms with Gasteiger partial charge in [-0.3, -0.25) is 9.78 Å². The maximum absolute atomic E-state index is 11.8. The van der Waals surface area contributed by atoms with E-state index in [9.17, 15) is 4.79 Å². The van der Waals surface area contributed by atoms with E-state index in [0.29, 0.717) is 24.7 Å². The quantitative estimate of drug-likeness (QED) is 0.935. The van der Waals surface area contributed by atoms with Gasteiger partial charge in [-0.05, 0) is 26.1 Å². The Morgan fingerprint density at radius 2 is 2.27 bits per heavy atom. The average Bonchev–Trinajstić information content (AvgIpc) is 2.46. The van der Waals surface area contributed by atoms with Gasteiger partial charge in [0.1, 0.15) is 17.9 Å². The predicted molar refractivity (Wildman–Crippen MR) is 85.2 cm³/mol. The van der Waals surface area contributed by atoms with Crippen LogP contribution in [0, 0.1) is 0 Å². The highest BCUT2D eigenvalue weighted by atomic mass is 16.5. The van der Waals surface area contributed by atoms with Gasteiger partial charge in [-0.25, -0.2) is 0 Å². The lowest BCUT2D eigenvalue weighted by Gasteiger charge is -2.24. The summed E-state index contributed by atoms with van der Waals surface area (Å²) < 4.78 is 5.80. The van der Waals surface area contributed by atoms with Crippen molar-refractivity contribution in [1.29, 1.82) is 0 Å². The summed E-state index contributed by atoms with van der Waals surface area (Å²) in [4.78, 5) is 22.7. The molecule has 2 aromatic heterocycles. The highest BCUT2D eigenvalue weighted by Gasteiger charge is 2.27. The molecule has 1 atom stereocenters. The van der Waals surface area contributed by atoms with Crippen molar-refractivity contribution < 1.29 is 9.53 Å². The molecule has 0 bridgehead atoms. The Morgan fingerprint density at radius 1 is 1.45 bits per heavy atom. The highest BCUT2D eigenvalue weighted by molar-refractivity contribution is 5.99. The number of carbonyl (C=O) groups excluding carboxylic acids is 1. The lowest BCUT2D eigenvalue weighted by molar-refractivity contribution is -0.116. The fraction of sp³-hybridized carbons (Fsp3) is 0.438. The molecule has 0 saturated carbocycles. The minimum absolute atomic E-state index is 0.00465. The van der Waals surface area contributed by atoms with Crippen LogP contribution in [0.1, 0.15) is 24.8 Å². The molecule has 0 aliphatic carbocycles. The SMILES string of the molecule is CC1CC(=O)Nc2nc(OCCN(C)C)c3ncccc3c21. The third kappa shape index (κ3) is 2.74. The Morgan fingerprint density at radius 3 is 3.05 bits per heavy atom. The second kappa shape index (κ2) is 5.88. The number of anilines is 1. The molecule has 6 heteroatoms. The van der Waals surface area contributed by atoms with Gasteiger partial charge in [0.05, 0.1) is 0 Å². The first kappa shape index (κ1) is 14.7. The van der Waals surface area contributed by atoms with Gasteiger partial charge in [0.15, 0.2) is 0 Å². The number of ether oxygens (including phenoxy) is 1. The molecule has 1 N–H and O–H groups in total. The van der Waals surface area contributed by atoms with Crippen LogP contribution < -0.4 is 10.1 Å². The Kier molecular flexibility index (Phi) is 3.94. The second-order valence-electron chi connectivity index (χ2n) is 5.88. The normalized spacial score (nSPS) is 17.5. The van der Waals surface area contributed by atoms with Crippen molar-refractivity contribution >= 4 is 22.6 Å². The molecule has 6 nitrogen and oxygen atoms in total. The molecule has 0 radical (unpaired) electrons. The zero-order valence-corrected chi connectivity index (χ0v) is 13.1. The number of hydrogen-bond donors (Lipinski definition) is 1. The molecule has 22 heavy (non-hydrogen) atoms. The standard InChI is InChI=1S/C16H20N4O2/c1-10-9-12(21)18-15-13(10)11-5-4-6-17-14(11)16(19-15)22-8-7-20(2)3/h4-6,10H,7-9H2,1-3H3,(H,18,19,21). The topological polar surface area (TPSA) is 67.3 Å². The van der Waals surface area contributed by atoms with Gasteiger partial charge in [0, 0.05) is 30.1 Å². The van der Waals surface area contributed by atoms with Crippen LogP contribution in [0.4, 0.5) is 5.82 Å². The van der Waals surface area contributed by atoms with Crippen molar-refractivity contribution in [3.8, 4) is 5.88 Å². The summed E-state index contributed by atoms with van der Waals surface area (Å²) in [6.45, 7) is 3.35. The van der Waals surface area contributed by atoms with Crippen LogP contribution in [0.15, 0.2) is 18.3 Å². The predicted octanol–water partition coefficient (Wildman–Crippen LogP) is 2.02. The highest BCUT2D eigenvalue weighted by Crippen LogP contribution is 2.38. The fourth-order valence-corrected chi connectivity index (χ4v) is 2.72. The Bertz CT molecular complexity index is 715. The molecular weight excluding hydrogens is 280 g/mol. The van der Waals surface area contributed by atoms with E-state index in [1.165, 1.54) is 0 Å². The molecule has 1 aliphatic rings. The maximum Gasteiger partial charge on any atom is 0.242 e. The van der Waals surface area contributed by atoms with Gasteiger partial charge in [-0.15, -0.1) is 0 Å². The number of rotatable bonds is 4. The van der Waals surface area contributed by atoms with Gasteiger partial charge >= 0.3 is 0 Å². The van der Waals surface area contributed by atoms with Crippen molar-refractivity contribution in [2.75, 3.05) is 32.6 Å². The van der Waals surface area contributed by atoms with Crippen LogP contribution in [0.2, 0.25) is 0 Å². The molecule has 1 unspecified atom stereocenters. The maximum atomic E-state index is 11.8. The molecule has 1 aliphatic heterocycles. The van der Waals surface area contributed by atoms with Crippen LogP contribution in [0.25, 0.3) is 10.9 Å². The zero-order chi connectivity index (χ0) is 15.7. The summed E-state index contributed by atoms with van der Waals surface area (Å²) in [6.07, 6.45) is 2.21. The first-order valence-electron chi connectivity index (χ1n) is 7.42. The summed E-state index contributed by atoms with van der Waals surface area (Å²) in [5.74, 6) is 1.20. The van der Waals surface area contributed by atoms with Crippen molar-refractivity contribution in [3.05, 3.63) is 23.9 Å². The van der Waals surface area contributed by atoms with Crippen LogP contribution in [-0.4, -0.2) is 48.0 Å². The summed E-state index contributed by atoms with van der Waals surface area (Å²) in [5, 5.41) is 3.85. The van der Waals surface area contributed by atoms with Gasteiger partial charge < -0.3 is 15.0 Å². The van der Waals surface area contributed by atoms with E-state index >= 15 is 0 Å². The number of pyridine rings is 2. The zero-order valence-electron chi connectivity index (χ0n) is 13.1. The van der Waals surface area contributed by atoms with Crippen molar-refractivity contribution in [2.24, 2.45) is 0 Å². The Hall–Kier alpha value is -2.21. The molecule has 3 rings (SSSR count). The third-order valence-corrected chi connectivity index (χ3v) is 3.79. The van der Waals surface area contributed by atoms with E-state index in [0.717, 1.165) is 23.0 Å². The fourth-order valence-electron chi connectivity index (χ4n) is 2.72. The smallest absolute Gasteiger partial charge is 0.242 e. The van der Waals surface area contributed by atoms with Gasteiger partial charge in [-0.1, -0.05) is 13.0 Å². The Balaban J connectivity index is 2.06. The molecule has 0 saturated heterocycles. The van der Waals surface area contributed by atoms with Crippen LogP contribution in [0.5, 0.6) is 5.88 Å². The summed E-state index contributed by atoms with van der Waals surface area (Å²) >= 11 is 0. The van der Waals surface area contributed by atoms with E-state index in [4.69, 9.17) is 4.74 Å². The van der Waals surface area contributed by atoms with E-state index in [1.807, 2.05) is 38.1 Å². The number of nitrogens with zero attached hydrogens (tertiary/aromatic N) is 3. The number of aromatic nitrogens is 2. The molecule has 116 valence electrons. The number of amides is 1. The molecule has 0 spiro atoms. The van der Waals surface area contributed by atoms with E-state index in [-0.39, 0.29) is 11.8 Å². The van der Waals surface area contributed by atoms with Gasteiger partial charge in [-0.2, -0.15) is 4.98 Å². The summed E-state index contributed by atoms with van der Waals surface area (Å²) in [5.41, 5.74) is 1.80. The van der Waals surface area contributed by atoms with Crippen molar-refractivity contribution in [3.63, 3.8) is 0 Å². The Labute approximate surface area is 129 Å². The molecule has 1 amide bonds. The third-order valence-electron chi connectivity index (χ3n) is 3.79. The minimum atomic E-state index is -0.00465. The summed E-state index contributed by atoms with van der Waals surface area (Å²) in [7, 11) is 3.98. The number of hydrogen-bond acceptors (Lipinski definition) is 5. The van der Waals surface area contributed by atoms with Gasteiger partial charge in [0.25, 0.3) is 0 Å². The lowest BCUT2D eigenvalue weighted by Crippen LogP contribution is -2.24. The molecule has 0 aromatic carbocycles. The first-order chi connectivity index (χ1) is 10.6. The molecule has 2 aromatic rings. The molecule has 3 heterocycles. The first-order valence-corrected chi connectivity index (χ1v) is 7.42. The number of carbonyl (C=O) groups is 1.